The van der Waals surface area contributed by atoms with Gasteiger partial charge in [-0.2, -0.15) is 0 Å². The number of hydrogen-bond donors (Lipinski definition) is 2. The zero-order valence-corrected chi connectivity index (χ0v) is 26.7. The summed E-state index contributed by atoms with van der Waals surface area (Å²) in [7, 11) is 0. The van der Waals surface area contributed by atoms with Gasteiger partial charge >= 0.3 is 0 Å². The van der Waals surface area contributed by atoms with Gasteiger partial charge in [0.2, 0.25) is 0 Å². The van der Waals surface area contributed by atoms with Gasteiger partial charge in [0.25, 0.3) is 0 Å². The SMILES string of the molecule is CCC1=C(CC)/C(=C/c2[nH]c(C)c(CC)c2CC)N=C1C1=N/C(=C\c2[nH]c(C)c(CC)c2CC)C(CC)=C1CC. The van der Waals surface area contributed by atoms with E-state index in [-0.39, 0.29) is 0 Å². The van der Waals surface area contributed by atoms with E-state index in [4.69, 9.17) is 9.98 Å². The second-order valence-corrected chi connectivity index (χ2v) is 11.0. The number of aromatic amines is 2. The zero-order valence-electron chi connectivity index (χ0n) is 26.7. The Hall–Kier alpha value is -3.14. The Kier molecular flexibility index (Phi) is 9.38. The summed E-state index contributed by atoms with van der Waals surface area (Å²) in [6, 6.07) is 0. The van der Waals surface area contributed by atoms with E-state index in [2.05, 4.69) is 91.4 Å². The molecule has 2 N–H and O–H groups in total. The lowest BCUT2D eigenvalue weighted by molar-refractivity contribution is 1.04. The van der Waals surface area contributed by atoms with Crippen molar-refractivity contribution in [2.24, 2.45) is 9.98 Å². The van der Waals surface area contributed by atoms with E-state index in [0.717, 1.165) is 74.2 Å². The molecule has 0 aromatic carbocycles. The molecule has 0 bridgehead atoms. The van der Waals surface area contributed by atoms with Gasteiger partial charge in [-0.25, -0.2) is 9.98 Å². The highest BCUT2D eigenvalue weighted by molar-refractivity contribution is 6.55. The van der Waals surface area contributed by atoms with E-state index in [1.165, 1.54) is 67.3 Å². The summed E-state index contributed by atoms with van der Waals surface area (Å²) >= 11 is 0. The van der Waals surface area contributed by atoms with Crippen LogP contribution in [-0.4, -0.2) is 21.4 Å². The topological polar surface area (TPSA) is 56.3 Å². The molecule has 0 aliphatic carbocycles. The monoisotopic (exact) mass is 538 g/mol. The molecule has 4 heterocycles. The molecule has 214 valence electrons. The lowest BCUT2D eigenvalue weighted by atomic mass is 9.91. The first kappa shape index (κ1) is 29.8. The van der Waals surface area contributed by atoms with E-state index in [1.807, 2.05) is 0 Å². The summed E-state index contributed by atoms with van der Waals surface area (Å²) in [6.07, 6.45) is 12.6. The molecular formula is C36H50N4. The van der Waals surface area contributed by atoms with Crippen molar-refractivity contribution in [2.45, 2.75) is 121 Å². The Bertz CT molecular complexity index is 1360. The first-order valence-corrected chi connectivity index (χ1v) is 15.8. The molecule has 0 amide bonds. The number of nitrogens with one attached hydrogen (secondary N) is 2. The first-order valence-electron chi connectivity index (χ1n) is 15.8. The number of nitrogens with zero attached hydrogens (tertiary/aromatic N) is 2. The molecule has 2 aromatic heterocycles. The Labute approximate surface area is 242 Å². The largest absolute Gasteiger partial charge is 0.359 e. The number of rotatable bonds is 11. The van der Waals surface area contributed by atoms with E-state index in [1.54, 1.807) is 0 Å². The summed E-state index contributed by atoms with van der Waals surface area (Å²) in [5, 5.41) is 0. The minimum atomic E-state index is 0.954. The average molecular weight is 539 g/mol. The van der Waals surface area contributed by atoms with Gasteiger partial charge < -0.3 is 9.97 Å². The van der Waals surface area contributed by atoms with E-state index in [0.29, 0.717) is 0 Å². The highest BCUT2D eigenvalue weighted by Crippen LogP contribution is 2.39. The van der Waals surface area contributed by atoms with Gasteiger partial charge in [-0.15, -0.1) is 0 Å². The quantitative estimate of drug-likeness (QED) is 0.286. The van der Waals surface area contributed by atoms with E-state index in [9.17, 15) is 0 Å². The van der Waals surface area contributed by atoms with Gasteiger partial charge in [-0.3, -0.25) is 0 Å². The third-order valence-corrected chi connectivity index (χ3v) is 8.93. The number of aryl methyl sites for hydroxylation is 2. The lowest BCUT2D eigenvalue weighted by Gasteiger charge is -2.10. The smallest absolute Gasteiger partial charge is 0.0932 e. The lowest BCUT2D eigenvalue weighted by Crippen LogP contribution is -2.16. The molecule has 2 aromatic rings. The second-order valence-electron chi connectivity index (χ2n) is 11.0. The van der Waals surface area contributed by atoms with Crippen LogP contribution >= 0.6 is 0 Å². The van der Waals surface area contributed by atoms with Crippen molar-refractivity contribution in [3.63, 3.8) is 0 Å². The number of H-pyrrole nitrogens is 2. The molecule has 2 aliphatic rings. The molecule has 0 atom stereocenters. The number of allylic oxidation sites excluding steroid dienone is 4. The van der Waals surface area contributed by atoms with Crippen LogP contribution in [0.4, 0.5) is 0 Å². The van der Waals surface area contributed by atoms with Crippen molar-refractivity contribution in [1.82, 2.24) is 9.97 Å². The highest BCUT2D eigenvalue weighted by atomic mass is 14.9. The molecule has 0 unspecified atom stereocenters. The molecule has 4 heteroatoms. The zero-order chi connectivity index (χ0) is 29.1. The van der Waals surface area contributed by atoms with Gasteiger partial charge in [-0.1, -0.05) is 55.4 Å². The van der Waals surface area contributed by atoms with Gasteiger partial charge in [-0.05, 0) is 122 Å². The van der Waals surface area contributed by atoms with Gasteiger partial charge in [0.05, 0.1) is 22.8 Å². The fourth-order valence-electron chi connectivity index (χ4n) is 7.06. The standard InChI is InChI=1S/C36H50N4/c1-11-23-21(9)37-31(25(23)13-3)19-33-27(15-5)29(17-7)35(39-33)36-30(18-8)28(16-6)34(40-36)20-32-26(14-4)24(12-2)22(10)38-32/h19-20,37-38H,11-18H2,1-10H3/b33-19-,34-20-. The van der Waals surface area contributed by atoms with Crippen LogP contribution in [0, 0.1) is 13.8 Å². The minimum Gasteiger partial charge on any atom is -0.359 e. The highest BCUT2D eigenvalue weighted by Gasteiger charge is 2.32. The maximum absolute atomic E-state index is 5.37. The van der Waals surface area contributed by atoms with Crippen molar-refractivity contribution < 1.29 is 0 Å². The van der Waals surface area contributed by atoms with Crippen LogP contribution in [0.2, 0.25) is 0 Å². The van der Waals surface area contributed by atoms with Crippen molar-refractivity contribution in [3.8, 4) is 0 Å². The first-order chi connectivity index (χ1) is 19.3. The molecular weight excluding hydrogens is 488 g/mol. The van der Waals surface area contributed by atoms with Crippen LogP contribution in [0.15, 0.2) is 43.7 Å². The average Bonchev–Trinajstić information content (AvgIpc) is 3.66. The van der Waals surface area contributed by atoms with Crippen molar-refractivity contribution in [2.75, 3.05) is 0 Å². The molecule has 0 saturated heterocycles. The van der Waals surface area contributed by atoms with Crippen molar-refractivity contribution >= 4 is 23.6 Å². The maximum Gasteiger partial charge on any atom is 0.0932 e. The molecule has 0 spiro atoms. The van der Waals surface area contributed by atoms with Crippen LogP contribution in [0.3, 0.4) is 0 Å². The van der Waals surface area contributed by atoms with Gasteiger partial charge in [0, 0.05) is 22.8 Å². The number of aliphatic imine (C=N–C) groups is 2. The van der Waals surface area contributed by atoms with E-state index < -0.39 is 0 Å². The third-order valence-electron chi connectivity index (χ3n) is 8.93. The van der Waals surface area contributed by atoms with E-state index >= 15 is 0 Å². The predicted octanol–water partition coefficient (Wildman–Crippen LogP) is 9.73. The molecule has 4 nitrogen and oxygen atoms in total. The molecule has 0 radical (unpaired) electrons. The van der Waals surface area contributed by atoms with Crippen LogP contribution in [-0.2, 0) is 25.7 Å². The molecule has 0 saturated carbocycles. The van der Waals surface area contributed by atoms with Crippen molar-refractivity contribution in [3.05, 3.63) is 78.7 Å². The van der Waals surface area contributed by atoms with Crippen LogP contribution < -0.4 is 0 Å². The van der Waals surface area contributed by atoms with Gasteiger partial charge in [0.15, 0.2) is 0 Å². The molecule has 40 heavy (non-hydrogen) atoms. The summed E-state index contributed by atoms with van der Waals surface area (Å²) < 4.78 is 0. The van der Waals surface area contributed by atoms with Crippen molar-refractivity contribution in [1.29, 1.82) is 0 Å². The summed E-state index contributed by atoms with van der Waals surface area (Å²) in [6.45, 7) is 22.4. The predicted molar refractivity (Wildman–Crippen MR) is 175 cm³/mol. The minimum absolute atomic E-state index is 0.954. The fourth-order valence-corrected chi connectivity index (χ4v) is 7.06. The molecule has 2 aliphatic heterocycles. The summed E-state index contributed by atoms with van der Waals surface area (Å²) in [5.74, 6) is 0. The van der Waals surface area contributed by atoms with Gasteiger partial charge in [0.1, 0.15) is 0 Å². The maximum atomic E-state index is 5.37. The Morgan fingerprint density at radius 2 is 0.775 bits per heavy atom. The van der Waals surface area contributed by atoms with Crippen LogP contribution in [0.1, 0.15) is 126 Å². The Morgan fingerprint density at radius 3 is 1.05 bits per heavy atom. The molecule has 0 fully saturated rings. The second kappa shape index (κ2) is 12.6. The normalized spacial score (nSPS) is 17.8. The van der Waals surface area contributed by atoms with Crippen LogP contribution in [0.5, 0.6) is 0 Å². The Balaban J connectivity index is 1.89. The fraction of sp³-hybridized carbons (Fsp3) is 0.500. The Morgan fingerprint density at radius 1 is 0.450 bits per heavy atom. The molecule has 4 rings (SSSR count). The number of aromatic nitrogens is 2. The summed E-state index contributed by atoms with van der Waals surface area (Å²) in [4.78, 5) is 18.1. The summed E-state index contributed by atoms with van der Waals surface area (Å²) in [5.41, 5.74) is 20.5. The number of hydrogen-bond acceptors (Lipinski definition) is 2. The third kappa shape index (κ3) is 5.06. The van der Waals surface area contributed by atoms with Crippen LogP contribution in [0.25, 0.3) is 12.2 Å².